The summed E-state index contributed by atoms with van der Waals surface area (Å²) in [5.74, 6) is -0.812. The van der Waals surface area contributed by atoms with E-state index in [0.29, 0.717) is 5.82 Å². The Morgan fingerprint density at radius 1 is 1.24 bits per heavy atom. The monoisotopic (exact) mass is 328 g/mol. The predicted octanol–water partition coefficient (Wildman–Crippen LogP) is 3.07. The maximum Gasteiger partial charge on any atom is 0.335 e. The summed E-state index contributed by atoms with van der Waals surface area (Å²) >= 11 is 11.8. The molecule has 0 atom stereocenters. The summed E-state index contributed by atoms with van der Waals surface area (Å²) in [5, 5.41) is 17.8. The Bertz CT molecular complexity index is 691. The molecule has 0 spiro atoms. The van der Waals surface area contributed by atoms with Gasteiger partial charge in [-0.3, -0.25) is 10.00 Å². The molecule has 3 N–H and O–H groups in total. The van der Waals surface area contributed by atoms with Gasteiger partial charge in [-0.15, -0.1) is 0 Å². The van der Waals surface area contributed by atoms with Crippen molar-refractivity contribution in [2.45, 2.75) is 0 Å². The van der Waals surface area contributed by atoms with Crippen LogP contribution in [0, 0.1) is 0 Å². The Hall–Kier alpha value is -2.25. The number of nitrogens with one attached hydrogen (secondary N) is 2. The van der Waals surface area contributed by atoms with Crippen molar-refractivity contribution >= 4 is 46.7 Å². The summed E-state index contributed by atoms with van der Waals surface area (Å²) in [7, 11) is 1.71. The first kappa shape index (κ1) is 15.1. The number of carbonyl (C=O) groups excluding carboxylic acids is 1. The summed E-state index contributed by atoms with van der Waals surface area (Å²) in [4.78, 5) is 22.7. The van der Waals surface area contributed by atoms with Crippen LogP contribution >= 0.6 is 23.2 Å². The quantitative estimate of drug-likeness (QED) is 0.806. The summed E-state index contributed by atoms with van der Waals surface area (Å²) in [6, 6.07) is 3.41. The third kappa shape index (κ3) is 3.65. The molecule has 2 aromatic rings. The number of aromatic carboxylic acids is 1. The van der Waals surface area contributed by atoms with Crippen LogP contribution in [-0.4, -0.2) is 26.9 Å². The lowest BCUT2D eigenvalue weighted by Gasteiger charge is -2.10. The van der Waals surface area contributed by atoms with E-state index >= 15 is 0 Å². The lowest BCUT2D eigenvalue weighted by molar-refractivity contribution is 0.0697. The maximum atomic E-state index is 11.8. The van der Waals surface area contributed by atoms with Gasteiger partial charge in [-0.2, -0.15) is 5.10 Å². The number of hydrogen-bond donors (Lipinski definition) is 3. The Labute approximate surface area is 129 Å². The number of anilines is 2. The largest absolute Gasteiger partial charge is 0.478 e. The number of hydrogen-bond acceptors (Lipinski definition) is 3. The summed E-state index contributed by atoms with van der Waals surface area (Å²) < 4.78 is 1.53. The number of aryl methyl sites for hydroxylation is 1. The second-order valence-corrected chi connectivity index (χ2v) is 4.89. The number of nitrogens with zero attached hydrogens (tertiary/aromatic N) is 2. The third-order valence-electron chi connectivity index (χ3n) is 2.48. The number of halogens is 2. The number of carbonyl (C=O) groups is 2. The zero-order valence-corrected chi connectivity index (χ0v) is 12.2. The molecule has 0 saturated carbocycles. The first-order valence-corrected chi connectivity index (χ1v) is 6.42. The number of rotatable bonds is 3. The molecule has 9 heteroatoms. The molecule has 0 bridgehead atoms. The molecule has 1 aromatic heterocycles. The lowest BCUT2D eigenvalue weighted by atomic mass is 10.2. The molecule has 0 aliphatic rings. The zero-order valence-electron chi connectivity index (χ0n) is 10.7. The van der Waals surface area contributed by atoms with Gasteiger partial charge < -0.3 is 10.4 Å². The van der Waals surface area contributed by atoms with E-state index < -0.39 is 12.0 Å². The fraction of sp³-hybridized carbons (Fsp3) is 0.0833. The highest BCUT2D eigenvalue weighted by Gasteiger charge is 2.14. The second kappa shape index (κ2) is 6.02. The summed E-state index contributed by atoms with van der Waals surface area (Å²) in [5.41, 5.74) is 0.0532. The zero-order chi connectivity index (χ0) is 15.6. The van der Waals surface area contributed by atoms with Crippen LogP contribution in [0.1, 0.15) is 10.4 Å². The molecule has 0 aliphatic carbocycles. The molecule has 0 radical (unpaired) electrons. The van der Waals surface area contributed by atoms with E-state index in [2.05, 4.69) is 15.7 Å². The molecule has 1 heterocycles. The minimum Gasteiger partial charge on any atom is -0.478 e. The SMILES string of the molecule is Cn1ccc(NC(=O)Nc2c(Cl)cc(C(=O)O)cc2Cl)n1. The van der Waals surface area contributed by atoms with Crippen LogP contribution in [-0.2, 0) is 7.05 Å². The standard InChI is InChI=1S/C12H10Cl2N4O3/c1-18-3-2-9(17-18)15-12(21)16-10-7(13)4-6(11(19)20)5-8(10)14/h2-5H,1H3,(H,19,20)(H2,15,16,17,21). The van der Waals surface area contributed by atoms with Crippen LogP contribution < -0.4 is 10.6 Å². The van der Waals surface area contributed by atoms with E-state index in [-0.39, 0.29) is 21.3 Å². The van der Waals surface area contributed by atoms with Crippen LogP contribution in [0.15, 0.2) is 24.4 Å². The van der Waals surface area contributed by atoms with Crippen molar-refractivity contribution in [2.24, 2.45) is 7.05 Å². The smallest absolute Gasteiger partial charge is 0.335 e. The molecule has 110 valence electrons. The highest BCUT2D eigenvalue weighted by molar-refractivity contribution is 6.40. The van der Waals surface area contributed by atoms with E-state index in [1.807, 2.05) is 0 Å². The number of aromatic nitrogens is 2. The van der Waals surface area contributed by atoms with Crippen LogP contribution in [0.4, 0.5) is 16.3 Å². The average Bonchev–Trinajstić information content (AvgIpc) is 2.78. The Kier molecular flexibility index (Phi) is 4.35. The number of urea groups is 1. The molecule has 21 heavy (non-hydrogen) atoms. The van der Waals surface area contributed by atoms with Gasteiger partial charge in [0.05, 0.1) is 21.3 Å². The van der Waals surface area contributed by atoms with Crippen LogP contribution in [0.25, 0.3) is 0 Å². The van der Waals surface area contributed by atoms with Crippen molar-refractivity contribution in [3.8, 4) is 0 Å². The van der Waals surface area contributed by atoms with E-state index in [1.54, 1.807) is 19.3 Å². The van der Waals surface area contributed by atoms with Gasteiger partial charge in [-0.1, -0.05) is 23.2 Å². The second-order valence-electron chi connectivity index (χ2n) is 4.07. The number of carboxylic acid groups (broad SMARTS) is 1. The third-order valence-corrected chi connectivity index (χ3v) is 3.08. The minimum atomic E-state index is -1.16. The van der Waals surface area contributed by atoms with Crippen LogP contribution in [0.2, 0.25) is 10.0 Å². The molecule has 0 fully saturated rings. The van der Waals surface area contributed by atoms with Crippen molar-refractivity contribution in [1.29, 1.82) is 0 Å². The van der Waals surface area contributed by atoms with Gasteiger partial charge in [0.25, 0.3) is 0 Å². The highest BCUT2D eigenvalue weighted by Crippen LogP contribution is 2.32. The molecule has 0 aliphatic heterocycles. The van der Waals surface area contributed by atoms with Crippen molar-refractivity contribution in [1.82, 2.24) is 9.78 Å². The van der Waals surface area contributed by atoms with E-state index in [4.69, 9.17) is 28.3 Å². The topological polar surface area (TPSA) is 96.2 Å². The first-order valence-electron chi connectivity index (χ1n) is 5.67. The molecule has 0 saturated heterocycles. The fourth-order valence-electron chi connectivity index (χ4n) is 1.56. The van der Waals surface area contributed by atoms with Gasteiger partial charge in [0.1, 0.15) is 0 Å². The first-order chi connectivity index (χ1) is 9.86. The molecule has 2 amide bonds. The Morgan fingerprint density at radius 2 is 1.86 bits per heavy atom. The molecular weight excluding hydrogens is 319 g/mol. The van der Waals surface area contributed by atoms with E-state index in [1.165, 1.54) is 16.8 Å². The van der Waals surface area contributed by atoms with E-state index in [0.717, 1.165) is 0 Å². The molecule has 1 aromatic carbocycles. The number of amides is 2. The number of carboxylic acids is 1. The Morgan fingerprint density at radius 3 is 2.33 bits per heavy atom. The fourth-order valence-corrected chi connectivity index (χ4v) is 2.14. The van der Waals surface area contributed by atoms with Crippen molar-refractivity contribution < 1.29 is 14.7 Å². The lowest BCUT2D eigenvalue weighted by Crippen LogP contribution is -2.20. The van der Waals surface area contributed by atoms with Gasteiger partial charge in [0.2, 0.25) is 0 Å². The Balaban J connectivity index is 2.15. The highest BCUT2D eigenvalue weighted by atomic mass is 35.5. The minimum absolute atomic E-state index is 0.0241. The van der Waals surface area contributed by atoms with Gasteiger partial charge in [-0.25, -0.2) is 9.59 Å². The maximum absolute atomic E-state index is 11.8. The normalized spacial score (nSPS) is 10.2. The van der Waals surface area contributed by atoms with Crippen molar-refractivity contribution in [3.05, 3.63) is 40.0 Å². The van der Waals surface area contributed by atoms with Crippen molar-refractivity contribution in [2.75, 3.05) is 10.6 Å². The number of benzene rings is 1. The van der Waals surface area contributed by atoms with Gasteiger partial charge in [-0.05, 0) is 12.1 Å². The summed E-state index contributed by atoms with van der Waals surface area (Å²) in [6.07, 6.45) is 1.66. The predicted molar refractivity (Wildman–Crippen MR) is 79.3 cm³/mol. The molecule has 0 unspecified atom stereocenters. The van der Waals surface area contributed by atoms with Crippen LogP contribution in [0.3, 0.4) is 0 Å². The van der Waals surface area contributed by atoms with Crippen molar-refractivity contribution in [3.63, 3.8) is 0 Å². The molecule has 2 rings (SSSR count). The van der Waals surface area contributed by atoms with E-state index in [9.17, 15) is 9.59 Å². The summed E-state index contributed by atoms with van der Waals surface area (Å²) in [6.45, 7) is 0. The van der Waals surface area contributed by atoms with Crippen LogP contribution in [0.5, 0.6) is 0 Å². The molecular formula is C12H10Cl2N4O3. The average molecular weight is 329 g/mol. The van der Waals surface area contributed by atoms with Gasteiger partial charge >= 0.3 is 12.0 Å². The van der Waals surface area contributed by atoms with Gasteiger partial charge in [0, 0.05) is 19.3 Å². The molecule has 7 nitrogen and oxygen atoms in total. The van der Waals surface area contributed by atoms with Gasteiger partial charge in [0.15, 0.2) is 5.82 Å².